The molecule has 0 spiro atoms. The van der Waals surface area contributed by atoms with E-state index in [9.17, 15) is 22.4 Å². The van der Waals surface area contributed by atoms with Crippen LogP contribution < -0.4 is 0 Å². The third kappa shape index (κ3) is 4.41. The van der Waals surface area contributed by atoms with Crippen molar-refractivity contribution in [3.8, 4) is 11.3 Å². The molecule has 0 aliphatic carbocycles. The maximum absolute atomic E-state index is 12.9. The summed E-state index contributed by atoms with van der Waals surface area (Å²) in [5.74, 6) is -1.73. The number of aromatic nitrogens is 2. The highest BCUT2D eigenvalue weighted by Gasteiger charge is 2.34. The lowest BCUT2D eigenvalue weighted by atomic mass is 10.1. The van der Waals surface area contributed by atoms with E-state index in [0.29, 0.717) is 11.8 Å². The lowest BCUT2D eigenvalue weighted by Crippen LogP contribution is -2.14. The fourth-order valence-corrected chi connectivity index (χ4v) is 2.32. The van der Waals surface area contributed by atoms with Crippen LogP contribution in [0.4, 0.5) is 17.6 Å². The van der Waals surface area contributed by atoms with Crippen LogP contribution in [0.1, 0.15) is 12.6 Å². The first-order valence-corrected chi connectivity index (χ1v) is 7.16. The Bertz CT molecular complexity index is 720. The smallest absolute Gasteiger partial charge is 0.433 e. The highest BCUT2D eigenvalue weighted by atomic mass is 32.2. The zero-order valence-electron chi connectivity index (χ0n) is 11.6. The molecule has 0 bridgehead atoms. The number of thioether (sulfide) groups is 1. The standard InChI is InChI=1S/C14H10F4N2O2S/c1-7(12(21)22)23-13-19-10(6-11(20-13)14(16,17)18)8-2-4-9(15)5-3-8/h2-7H,1H3,(H,21,22)/t7-/m1/s1. The quantitative estimate of drug-likeness (QED) is 0.517. The van der Waals surface area contributed by atoms with Crippen LogP contribution in [-0.2, 0) is 11.0 Å². The van der Waals surface area contributed by atoms with Crippen LogP contribution in [0.15, 0.2) is 35.5 Å². The van der Waals surface area contributed by atoms with Gasteiger partial charge < -0.3 is 5.11 Å². The highest BCUT2D eigenvalue weighted by molar-refractivity contribution is 8.00. The molecule has 0 radical (unpaired) electrons. The predicted molar refractivity (Wildman–Crippen MR) is 75.4 cm³/mol. The first-order valence-electron chi connectivity index (χ1n) is 6.28. The average Bonchev–Trinajstić information content (AvgIpc) is 2.46. The van der Waals surface area contributed by atoms with Crippen LogP contribution in [0.25, 0.3) is 11.3 Å². The number of nitrogens with zero attached hydrogens (tertiary/aromatic N) is 2. The second-order valence-corrected chi connectivity index (χ2v) is 5.83. The number of aliphatic carboxylic acids is 1. The number of alkyl halides is 3. The Morgan fingerprint density at radius 1 is 1.22 bits per heavy atom. The lowest BCUT2D eigenvalue weighted by molar-refractivity contribution is -0.141. The molecule has 0 amide bonds. The Labute approximate surface area is 132 Å². The first-order chi connectivity index (χ1) is 10.7. The summed E-state index contributed by atoms with van der Waals surface area (Å²) < 4.78 is 51.8. The molecule has 0 saturated carbocycles. The van der Waals surface area contributed by atoms with Crippen molar-refractivity contribution in [2.45, 2.75) is 23.5 Å². The van der Waals surface area contributed by atoms with Crippen molar-refractivity contribution in [3.05, 3.63) is 41.8 Å². The van der Waals surface area contributed by atoms with E-state index in [1.165, 1.54) is 19.1 Å². The number of rotatable bonds is 4. The summed E-state index contributed by atoms with van der Waals surface area (Å²) in [4.78, 5) is 18.1. The maximum Gasteiger partial charge on any atom is 0.433 e. The third-order valence-electron chi connectivity index (χ3n) is 2.77. The number of carbonyl (C=O) groups is 1. The van der Waals surface area contributed by atoms with Crippen molar-refractivity contribution in [2.24, 2.45) is 0 Å². The first kappa shape index (κ1) is 17.2. The van der Waals surface area contributed by atoms with Gasteiger partial charge in [0.25, 0.3) is 0 Å². The van der Waals surface area contributed by atoms with Crippen molar-refractivity contribution < 1.29 is 27.5 Å². The number of hydrogen-bond acceptors (Lipinski definition) is 4. The van der Waals surface area contributed by atoms with Crippen molar-refractivity contribution >= 4 is 17.7 Å². The van der Waals surface area contributed by atoms with Crippen LogP contribution in [-0.4, -0.2) is 26.3 Å². The molecule has 0 aliphatic rings. The Kier molecular flexibility index (Phi) is 4.88. The van der Waals surface area contributed by atoms with Gasteiger partial charge >= 0.3 is 12.1 Å². The molecule has 1 N–H and O–H groups in total. The molecule has 23 heavy (non-hydrogen) atoms. The Morgan fingerprint density at radius 2 is 1.83 bits per heavy atom. The third-order valence-corrected chi connectivity index (χ3v) is 3.71. The van der Waals surface area contributed by atoms with Crippen LogP contribution in [0.5, 0.6) is 0 Å². The molecule has 1 atom stereocenters. The molecule has 0 fully saturated rings. The molecule has 1 aromatic carbocycles. The van der Waals surface area contributed by atoms with Crippen LogP contribution in [0.2, 0.25) is 0 Å². The van der Waals surface area contributed by atoms with Crippen molar-refractivity contribution in [3.63, 3.8) is 0 Å². The van der Waals surface area contributed by atoms with Gasteiger partial charge in [-0.3, -0.25) is 4.79 Å². The van der Waals surface area contributed by atoms with Gasteiger partial charge in [-0.2, -0.15) is 13.2 Å². The van der Waals surface area contributed by atoms with Gasteiger partial charge in [0.1, 0.15) is 16.8 Å². The SMILES string of the molecule is C[C@@H](Sc1nc(-c2ccc(F)cc2)cc(C(F)(F)F)n1)C(=O)O. The zero-order chi connectivity index (χ0) is 17.2. The number of benzene rings is 1. The molecule has 1 heterocycles. The van der Waals surface area contributed by atoms with Gasteiger partial charge in [-0.05, 0) is 37.3 Å². The minimum absolute atomic E-state index is 0.0626. The Hall–Kier alpha value is -2.16. The summed E-state index contributed by atoms with van der Waals surface area (Å²) in [6.07, 6.45) is -4.71. The van der Waals surface area contributed by atoms with Crippen LogP contribution in [0.3, 0.4) is 0 Å². The van der Waals surface area contributed by atoms with E-state index in [1.54, 1.807) is 0 Å². The predicted octanol–water partition coefficient (Wildman–Crippen LogP) is 3.87. The van der Waals surface area contributed by atoms with E-state index >= 15 is 0 Å². The summed E-state index contributed by atoms with van der Waals surface area (Å²) >= 11 is 0.598. The molecular formula is C14H10F4N2O2S. The minimum atomic E-state index is -4.71. The van der Waals surface area contributed by atoms with Crippen LogP contribution >= 0.6 is 11.8 Å². The fraction of sp³-hybridized carbons (Fsp3) is 0.214. The normalized spacial score (nSPS) is 12.9. The molecular weight excluding hydrogens is 336 g/mol. The van der Waals surface area contributed by atoms with E-state index in [0.717, 1.165) is 18.2 Å². The maximum atomic E-state index is 12.9. The van der Waals surface area contributed by atoms with Crippen molar-refractivity contribution in [1.82, 2.24) is 9.97 Å². The summed E-state index contributed by atoms with van der Waals surface area (Å²) in [7, 11) is 0. The van der Waals surface area contributed by atoms with Crippen LogP contribution in [0, 0.1) is 5.82 Å². The fourth-order valence-electron chi connectivity index (χ4n) is 1.60. The Morgan fingerprint density at radius 3 is 2.35 bits per heavy atom. The molecule has 9 heteroatoms. The summed E-state index contributed by atoms with van der Waals surface area (Å²) in [5.41, 5.74) is -0.983. The topological polar surface area (TPSA) is 63.1 Å². The molecule has 0 aliphatic heterocycles. The molecule has 2 rings (SSSR count). The minimum Gasteiger partial charge on any atom is -0.480 e. The van der Waals surface area contributed by atoms with Crippen molar-refractivity contribution in [2.75, 3.05) is 0 Å². The zero-order valence-corrected chi connectivity index (χ0v) is 12.5. The van der Waals surface area contributed by atoms with Gasteiger partial charge in [0.15, 0.2) is 5.16 Å². The van der Waals surface area contributed by atoms with E-state index in [1.807, 2.05) is 0 Å². The lowest BCUT2D eigenvalue weighted by Gasteiger charge is -2.11. The average molecular weight is 346 g/mol. The summed E-state index contributed by atoms with van der Waals surface area (Å²) in [6, 6.07) is 5.50. The van der Waals surface area contributed by atoms with Gasteiger partial charge in [-0.25, -0.2) is 14.4 Å². The van der Waals surface area contributed by atoms with Gasteiger partial charge in [0.05, 0.1) is 5.69 Å². The second kappa shape index (κ2) is 6.53. The molecule has 122 valence electrons. The second-order valence-electron chi connectivity index (χ2n) is 4.52. The van der Waals surface area contributed by atoms with E-state index < -0.39 is 28.9 Å². The van der Waals surface area contributed by atoms with Gasteiger partial charge in [0, 0.05) is 5.56 Å². The van der Waals surface area contributed by atoms with E-state index in [2.05, 4.69) is 9.97 Å². The molecule has 4 nitrogen and oxygen atoms in total. The monoisotopic (exact) mass is 346 g/mol. The molecule has 1 aromatic heterocycles. The van der Waals surface area contributed by atoms with Crippen molar-refractivity contribution in [1.29, 1.82) is 0 Å². The van der Waals surface area contributed by atoms with Gasteiger partial charge in [-0.15, -0.1) is 0 Å². The molecule has 0 saturated heterocycles. The number of carboxylic acids is 1. The van der Waals surface area contributed by atoms with Gasteiger partial charge in [-0.1, -0.05) is 11.8 Å². The summed E-state index contributed by atoms with van der Waals surface area (Å²) in [6.45, 7) is 1.31. The number of carboxylic acid groups (broad SMARTS) is 1. The number of hydrogen-bond donors (Lipinski definition) is 1. The Balaban J connectivity index is 2.49. The highest BCUT2D eigenvalue weighted by Crippen LogP contribution is 2.32. The largest absolute Gasteiger partial charge is 0.480 e. The number of halogens is 4. The van der Waals surface area contributed by atoms with E-state index in [-0.39, 0.29) is 16.4 Å². The van der Waals surface area contributed by atoms with E-state index in [4.69, 9.17) is 5.11 Å². The van der Waals surface area contributed by atoms with Gasteiger partial charge in [0.2, 0.25) is 0 Å². The molecule has 0 unspecified atom stereocenters. The summed E-state index contributed by atoms with van der Waals surface area (Å²) in [5, 5.41) is 7.52. The molecule has 2 aromatic rings.